The zero-order valence-electron chi connectivity index (χ0n) is 9.26. The summed E-state index contributed by atoms with van der Waals surface area (Å²) in [5.74, 6) is 0.839. The minimum atomic E-state index is 0.525. The molecule has 17 heavy (non-hydrogen) atoms. The number of nitrogens with one attached hydrogen (secondary N) is 1. The van der Waals surface area contributed by atoms with Crippen LogP contribution < -0.4 is 4.90 Å². The van der Waals surface area contributed by atoms with E-state index in [1.165, 1.54) is 0 Å². The first-order valence-electron chi connectivity index (χ1n) is 4.87. The van der Waals surface area contributed by atoms with Crippen LogP contribution in [0.5, 0.6) is 0 Å². The molecule has 2 aromatic rings. The fraction of sp³-hybridized carbons (Fsp3) is 0.182. The Morgan fingerprint density at radius 3 is 2.47 bits per heavy atom. The second-order valence-electron chi connectivity index (χ2n) is 3.76. The summed E-state index contributed by atoms with van der Waals surface area (Å²) in [6, 6.07) is 5.47. The first-order chi connectivity index (χ1) is 8.00. The van der Waals surface area contributed by atoms with Gasteiger partial charge in [-0.25, -0.2) is 0 Å². The topological polar surface area (TPSA) is 31.9 Å². The molecular weight excluding hydrogens is 325 g/mol. The molecule has 0 bridgehead atoms. The van der Waals surface area contributed by atoms with E-state index in [0.29, 0.717) is 10.0 Å². The largest absolute Gasteiger partial charge is 0.360 e. The van der Waals surface area contributed by atoms with Crippen molar-refractivity contribution in [3.8, 4) is 11.3 Å². The van der Waals surface area contributed by atoms with E-state index in [2.05, 4.69) is 26.1 Å². The smallest absolute Gasteiger partial charge is 0.164 e. The van der Waals surface area contributed by atoms with Gasteiger partial charge in [0.05, 0.1) is 20.2 Å². The lowest BCUT2D eigenvalue weighted by Gasteiger charge is -2.08. The van der Waals surface area contributed by atoms with Crippen molar-refractivity contribution in [2.45, 2.75) is 0 Å². The van der Waals surface area contributed by atoms with Gasteiger partial charge in [-0.05, 0) is 28.1 Å². The van der Waals surface area contributed by atoms with E-state index in [4.69, 9.17) is 23.2 Å². The van der Waals surface area contributed by atoms with Gasteiger partial charge in [-0.2, -0.15) is 5.10 Å². The van der Waals surface area contributed by atoms with Crippen LogP contribution in [0.1, 0.15) is 0 Å². The summed E-state index contributed by atoms with van der Waals surface area (Å²) in [6.07, 6.45) is 0. The van der Waals surface area contributed by atoms with Gasteiger partial charge >= 0.3 is 0 Å². The summed E-state index contributed by atoms with van der Waals surface area (Å²) in [5, 5.41) is 8.27. The number of rotatable bonds is 2. The molecule has 0 aliphatic heterocycles. The number of aromatic nitrogens is 2. The number of H-pyrrole nitrogens is 1. The minimum absolute atomic E-state index is 0.525. The first-order valence-corrected chi connectivity index (χ1v) is 6.42. The fourth-order valence-corrected chi connectivity index (χ4v) is 2.52. The Labute approximate surface area is 118 Å². The molecule has 0 radical (unpaired) electrons. The van der Waals surface area contributed by atoms with Crippen LogP contribution >= 0.6 is 39.1 Å². The van der Waals surface area contributed by atoms with Gasteiger partial charge < -0.3 is 4.90 Å². The number of hydrogen-bond acceptors (Lipinski definition) is 2. The molecule has 0 amide bonds. The molecule has 1 aromatic heterocycles. The van der Waals surface area contributed by atoms with Crippen LogP contribution in [0.3, 0.4) is 0 Å². The third-order valence-electron chi connectivity index (χ3n) is 2.32. The summed E-state index contributed by atoms with van der Waals surface area (Å²) < 4.78 is 0.904. The SMILES string of the molecule is CN(C)c1n[nH]c(-c2ccc(Cl)c(Cl)c2)c1Br. The van der Waals surface area contributed by atoms with Crippen LogP contribution in [-0.2, 0) is 0 Å². The predicted molar refractivity (Wildman–Crippen MR) is 76.1 cm³/mol. The molecule has 0 fully saturated rings. The number of anilines is 1. The van der Waals surface area contributed by atoms with Gasteiger partial charge in [0.15, 0.2) is 5.82 Å². The zero-order chi connectivity index (χ0) is 12.6. The average molecular weight is 335 g/mol. The Hall–Kier alpha value is -0.710. The third-order valence-corrected chi connectivity index (χ3v) is 3.81. The van der Waals surface area contributed by atoms with Crippen molar-refractivity contribution < 1.29 is 0 Å². The van der Waals surface area contributed by atoms with Crippen molar-refractivity contribution in [2.75, 3.05) is 19.0 Å². The molecular formula is C11H10BrCl2N3. The van der Waals surface area contributed by atoms with Crippen LogP contribution in [0.4, 0.5) is 5.82 Å². The highest BCUT2D eigenvalue weighted by atomic mass is 79.9. The van der Waals surface area contributed by atoms with Crippen molar-refractivity contribution in [2.24, 2.45) is 0 Å². The van der Waals surface area contributed by atoms with Crippen LogP contribution in [0.25, 0.3) is 11.3 Å². The Morgan fingerprint density at radius 1 is 1.24 bits per heavy atom. The third kappa shape index (κ3) is 2.44. The molecule has 1 aromatic carbocycles. The number of aromatic amines is 1. The molecule has 1 N–H and O–H groups in total. The second-order valence-corrected chi connectivity index (χ2v) is 5.37. The Bertz CT molecular complexity index is 552. The average Bonchev–Trinajstić information content (AvgIpc) is 2.64. The van der Waals surface area contributed by atoms with Crippen molar-refractivity contribution in [3.05, 3.63) is 32.7 Å². The highest BCUT2D eigenvalue weighted by molar-refractivity contribution is 9.10. The molecule has 0 unspecified atom stereocenters. The number of hydrogen-bond donors (Lipinski definition) is 1. The van der Waals surface area contributed by atoms with Crippen LogP contribution in [0.15, 0.2) is 22.7 Å². The van der Waals surface area contributed by atoms with Crippen LogP contribution in [0, 0.1) is 0 Å². The van der Waals surface area contributed by atoms with Crippen molar-refractivity contribution in [1.29, 1.82) is 0 Å². The molecule has 90 valence electrons. The van der Waals surface area contributed by atoms with E-state index in [0.717, 1.165) is 21.5 Å². The molecule has 6 heteroatoms. The molecule has 0 saturated heterocycles. The summed E-state index contributed by atoms with van der Waals surface area (Å²) in [4.78, 5) is 1.92. The normalized spacial score (nSPS) is 10.6. The lowest BCUT2D eigenvalue weighted by molar-refractivity contribution is 1.01. The van der Waals surface area contributed by atoms with E-state index < -0.39 is 0 Å². The van der Waals surface area contributed by atoms with Crippen molar-refractivity contribution in [1.82, 2.24) is 10.2 Å². The zero-order valence-corrected chi connectivity index (χ0v) is 12.4. The lowest BCUT2D eigenvalue weighted by atomic mass is 10.1. The summed E-state index contributed by atoms with van der Waals surface area (Å²) >= 11 is 15.4. The maximum absolute atomic E-state index is 5.99. The molecule has 0 aliphatic carbocycles. The summed E-state index contributed by atoms with van der Waals surface area (Å²) in [6.45, 7) is 0. The van der Waals surface area contributed by atoms with Crippen LogP contribution in [0.2, 0.25) is 10.0 Å². The second kappa shape index (κ2) is 4.88. The fourth-order valence-electron chi connectivity index (χ4n) is 1.46. The summed E-state index contributed by atoms with van der Waals surface area (Å²) in [5.41, 5.74) is 1.82. The number of halogens is 3. The lowest BCUT2D eigenvalue weighted by Crippen LogP contribution is -2.09. The standard InChI is InChI=1S/C11H10BrCl2N3/c1-17(2)11-9(12)10(15-16-11)6-3-4-7(13)8(14)5-6/h3-5H,1-2H3,(H,15,16). The maximum atomic E-state index is 5.99. The van der Waals surface area contributed by atoms with Gasteiger partial charge in [0.1, 0.15) is 0 Å². The van der Waals surface area contributed by atoms with E-state index in [1.807, 2.05) is 31.1 Å². The minimum Gasteiger partial charge on any atom is -0.360 e. The number of benzene rings is 1. The highest BCUT2D eigenvalue weighted by Crippen LogP contribution is 2.35. The number of nitrogens with zero attached hydrogens (tertiary/aromatic N) is 2. The van der Waals surface area contributed by atoms with E-state index in [1.54, 1.807) is 6.07 Å². The van der Waals surface area contributed by atoms with Gasteiger partial charge in [-0.1, -0.05) is 29.3 Å². The van der Waals surface area contributed by atoms with Crippen molar-refractivity contribution >= 4 is 44.9 Å². The quantitative estimate of drug-likeness (QED) is 0.892. The highest BCUT2D eigenvalue weighted by Gasteiger charge is 2.14. The Kier molecular flexibility index (Phi) is 3.66. The van der Waals surface area contributed by atoms with Gasteiger partial charge in [0.25, 0.3) is 0 Å². The van der Waals surface area contributed by atoms with Crippen molar-refractivity contribution in [3.63, 3.8) is 0 Å². The molecule has 1 heterocycles. The summed E-state index contributed by atoms with van der Waals surface area (Å²) in [7, 11) is 3.86. The Balaban J connectivity index is 2.50. The maximum Gasteiger partial charge on any atom is 0.164 e. The molecule has 0 spiro atoms. The molecule has 0 aliphatic rings. The van der Waals surface area contributed by atoms with E-state index in [9.17, 15) is 0 Å². The Morgan fingerprint density at radius 2 is 1.94 bits per heavy atom. The van der Waals surface area contributed by atoms with Gasteiger partial charge in [-0.15, -0.1) is 0 Å². The van der Waals surface area contributed by atoms with E-state index >= 15 is 0 Å². The monoisotopic (exact) mass is 333 g/mol. The van der Waals surface area contributed by atoms with E-state index in [-0.39, 0.29) is 0 Å². The molecule has 0 atom stereocenters. The van der Waals surface area contributed by atoms with Gasteiger partial charge in [-0.3, -0.25) is 5.10 Å². The molecule has 0 saturated carbocycles. The molecule has 3 nitrogen and oxygen atoms in total. The predicted octanol–water partition coefficient (Wildman–Crippen LogP) is 4.21. The van der Waals surface area contributed by atoms with Crippen LogP contribution in [-0.4, -0.2) is 24.3 Å². The van der Waals surface area contributed by atoms with Gasteiger partial charge in [0.2, 0.25) is 0 Å². The molecule has 2 rings (SSSR count). The first kappa shape index (κ1) is 12.7. The van der Waals surface area contributed by atoms with Gasteiger partial charge in [0, 0.05) is 19.7 Å².